The fourth-order valence-electron chi connectivity index (χ4n) is 0.0514. The molecule has 0 saturated carbocycles. The van der Waals surface area contributed by atoms with Crippen LogP contribution < -0.4 is 5.73 Å². The molecule has 0 aromatic rings. The Morgan fingerprint density at radius 1 is 1.80 bits per heavy atom. The highest BCUT2D eigenvalue weighted by atomic mass is 35.5. The topological polar surface area (TPSA) is 26.0 Å². The van der Waals surface area contributed by atoms with Crippen molar-refractivity contribution < 1.29 is 0 Å². The molecular weight excluding hydrogens is 85.5 g/mol. The smallest absolute Gasteiger partial charge is 0.0420 e. The minimum absolute atomic E-state index is 0.510. The second kappa shape index (κ2) is 3.83. The van der Waals surface area contributed by atoms with Gasteiger partial charge in [0.1, 0.15) is 0 Å². The number of nitrogens with two attached hydrogens (primary N) is 1. The predicted molar refractivity (Wildman–Crippen MR) is 24.0 cm³/mol. The molecule has 0 fully saturated rings. The third kappa shape index (κ3) is 3.83. The maximum atomic E-state index is 5.13. The molecule has 0 spiro atoms. The highest BCUT2D eigenvalue weighted by Gasteiger charge is 1.54. The van der Waals surface area contributed by atoms with E-state index in [2.05, 4.69) is 0 Å². The molecule has 0 aromatic carbocycles. The summed E-state index contributed by atoms with van der Waals surface area (Å²) < 4.78 is 0. The standard InChI is InChI=1S/C3H6ClN/c4-2-1-3-5/h1,3H,2,5H2/b3-1+. The Bertz CT molecular complexity index is 33.9. The zero-order valence-corrected chi connectivity index (χ0v) is 3.57. The summed E-state index contributed by atoms with van der Waals surface area (Å²) in [6.07, 6.45) is 3.09. The molecule has 2 heteroatoms. The lowest BCUT2D eigenvalue weighted by Gasteiger charge is -1.64. The summed E-state index contributed by atoms with van der Waals surface area (Å²) in [7, 11) is 0. The number of rotatable bonds is 1. The SMILES string of the molecule is N/C=C/CCl. The van der Waals surface area contributed by atoms with Crippen molar-refractivity contribution in [2.75, 3.05) is 5.88 Å². The van der Waals surface area contributed by atoms with E-state index in [0.717, 1.165) is 0 Å². The van der Waals surface area contributed by atoms with E-state index in [1.54, 1.807) is 6.08 Å². The first kappa shape index (κ1) is 4.83. The van der Waals surface area contributed by atoms with Gasteiger partial charge in [-0.1, -0.05) is 6.08 Å². The Kier molecular flexibility index (Phi) is 3.70. The Balaban J connectivity index is 2.62. The van der Waals surface area contributed by atoms with Crippen molar-refractivity contribution in [1.82, 2.24) is 0 Å². The summed E-state index contributed by atoms with van der Waals surface area (Å²) in [5, 5.41) is 0. The number of halogens is 1. The van der Waals surface area contributed by atoms with Crippen molar-refractivity contribution in [3.8, 4) is 0 Å². The van der Waals surface area contributed by atoms with Crippen LogP contribution in [0.2, 0.25) is 0 Å². The first-order valence-corrected chi connectivity index (χ1v) is 1.88. The summed E-state index contributed by atoms with van der Waals surface area (Å²) in [4.78, 5) is 0. The second-order valence-corrected chi connectivity index (χ2v) is 0.891. The minimum atomic E-state index is 0.510. The van der Waals surface area contributed by atoms with Gasteiger partial charge in [-0.05, 0) is 6.20 Å². The van der Waals surface area contributed by atoms with E-state index in [9.17, 15) is 0 Å². The van der Waals surface area contributed by atoms with Crippen LogP contribution in [-0.2, 0) is 0 Å². The molecule has 30 valence electrons. The van der Waals surface area contributed by atoms with Gasteiger partial charge in [0, 0.05) is 5.88 Å². The molecule has 5 heavy (non-hydrogen) atoms. The normalized spacial score (nSPS) is 9.80. The van der Waals surface area contributed by atoms with Gasteiger partial charge in [-0.2, -0.15) is 0 Å². The van der Waals surface area contributed by atoms with E-state index in [1.807, 2.05) is 0 Å². The van der Waals surface area contributed by atoms with Gasteiger partial charge >= 0.3 is 0 Å². The molecule has 0 aliphatic carbocycles. The van der Waals surface area contributed by atoms with Crippen molar-refractivity contribution >= 4 is 11.6 Å². The Morgan fingerprint density at radius 3 is 2.40 bits per heavy atom. The molecule has 1 nitrogen and oxygen atoms in total. The van der Waals surface area contributed by atoms with Gasteiger partial charge in [0.15, 0.2) is 0 Å². The lowest BCUT2D eigenvalue weighted by molar-refractivity contribution is 1.56. The third-order valence-electron chi connectivity index (χ3n) is 0.225. The molecule has 0 amide bonds. The third-order valence-corrected chi connectivity index (χ3v) is 0.403. The van der Waals surface area contributed by atoms with Crippen LogP contribution in [0.4, 0.5) is 0 Å². The van der Waals surface area contributed by atoms with E-state index in [4.69, 9.17) is 17.3 Å². The molecule has 0 aromatic heterocycles. The van der Waals surface area contributed by atoms with E-state index in [-0.39, 0.29) is 0 Å². The van der Waals surface area contributed by atoms with Crippen LogP contribution in [-0.4, -0.2) is 5.88 Å². The average molecular weight is 91.5 g/mol. The first-order chi connectivity index (χ1) is 2.41. The van der Waals surface area contributed by atoms with Crippen LogP contribution in [0.25, 0.3) is 0 Å². The molecule has 2 N–H and O–H groups in total. The molecule has 0 radical (unpaired) electrons. The average Bonchev–Trinajstić information content (AvgIpc) is 1.41. The lowest BCUT2D eigenvalue weighted by Crippen LogP contribution is -1.74. The summed E-state index contributed by atoms with van der Waals surface area (Å²) in [5.41, 5.74) is 4.87. The molecule has 0 rings (SSSR count). The predicted octanol–water partition coefficient (Wildman–Crippen LogP) is 0.698. The molecular formula is C3H6ClN. The highest BCUT2D eigenvalue weighted by molar-refractivity contribution is 6.18. The van der Waals surface area contributed by atoms with E-state index < -0.39 is 0 Å². The van der Waals surface area contributed by atoms with E-state index in [0.29, 0.717) is 5.88 Å². The van der Waals surface area contributed by atoms with Gasteiger partial charge in [-0.25, -0.2) is 0 Å². The molecule has 0 atom stereocenters. The maximum absolute atomic E-state index is 5.13. The first-order valence-electron chi connectivity index (χ1n) is 1.34. The van der Waals surface area contributed by atoms with Gasteiger partial charge in [0.25, 0.3) is 0 Å². The zero-order chi connectivity index (χ0) is 4.12. The Labute approximate surface area is 36.4 Å². The lowest BCUT2D eigenvalue weighted by atomic mass is 10.7. The monoisotopic (exact) mass is 91.0 g/mol. The second-order valence-electron chi connectivity index (χ2n) is 0.582. The fourth-order valence-corrected chi connectivity index (χ4v) is 0.154. The fraction of sp³-hybridized carbons (Fsp3) is 0.333. The highest BCUT2D eigenvalue weighted by Crippen LogP contribution is 1.69. The van der Waals surface area contributed by atoms with Crippen LogP contribution in [0.3, 0.4) is 0 Å². The zero-order valence-electron chi connectivity index (χ0n) is 2.82. The molecule has 0 unspecified atom stereocenters. The van der Waals surface area contributed by atoms with Crippen LogP contribution in [0.15, 0.2) is 12.3 Å². The van der Waals surface area contributed by atoms with Crippen molar-refractivity contribution in [3.63, 3.8) is 0 Å². The number of hydrogen-bond acceptors (Lipinski definition) is 1. The molecule has 0 saturated heterocycles. The summed E-state index contributed by atoms with van der Waals surface area (Å²) >= 11 is 5.13. The van der Waals surface area contributed by atoms with Gasteiger partial charge in [0.2, 0.25) is 0 Å². The van der Waals surface area contributed by atoms with E-state index >= 15 is 0 Å². The summed E-state index contributed by atoms with van der Waals surface area (Å²) in [6, 6.07) is 0. The van der Waals surface area contributed by atoms with Gasteiger partial charge < -0.3 is 5.73 Å². The van der Waals surface area contributed by atoms with Crippen molar-refractivity contribution in [1.29, 1.82) is 0 Å². The number of alkyl halides is 1. The molecule has 0 aliphatic rings. The van der Waals surface area contributed by atoms with Crippen molar-refractivity contribution in [3.05, 3.63) is 12.3 Å². The van der Waals surface area contributed by atoms with E-state index in [1.165, 1.54) is 6.20 Å². The van der Waals surface area contributed by atoms with Crippen LogP contribution in [0.5, 0.6) is 0 Å². The Hall–Kier alpha value is -0.170. The Morgan fingerprint density at radius 2 is 2.40 bits per heavy atom. The quantitative estimate of drug-likeness (QED) is 0.473. The van der Waals surface area contributed by atoms with Crippen LogP contribution in [0.1, 0.15) is 0 Å². The van der Waals surface area contributed by atoms with Crippen LogP contribution >= 0.6 is 11.6 Å². The molecule has 0 aliphatic heterocycles. The van der Waals surface area contributed by atoms with Gasteiger partial charge in [-0.3, -0.25) is 0 Å². The van der Waals surface area contributed by atoms with Gasteiger partial charge in [-0.15, -0.1) is 11.6 Å². The van der Waals surface area contributed by atoms with Gasteiger partial charge in [0.05, 0.1) is 0 Å². The van der Waals surface area contributed by atoms with Crippen molar-refractivity contribution in [2.45, 2.75) is 0 Å². The maximum Gasteiger partial charge on any atom is 0.0420 e. The molecule has 0 bridgehead atoms. The summed E-state index contributed by atoms with van der Waals surface area (Å²) in [5.74, 6) is 0.510. The largest absolute Gasteiger partial charge is 0.405 e. The summed E-state index contributed by atoms with van der Waals surface area (Å²) in [6.45, 7) is 0. The number of allylic oxidation sites excluding steroid dienone is 1. The van der Waals surface area contributed by atoms with Crippen LogP contribution in [0, 0.1) is 0 Å². The van der Waals surface area contributed by atoms with Crippen molar-refractivity contribution in [2.24, 2.45) is 5.73 Å². The molecule has 0 heterocycles. The minimum Gasteiger partial charge on any atom is -0.405 e. The number of hydrogen-bond donors (Lipinski definition) is 1.